The molecule has 102 valence electrons. The Hall–Kier alpha value is -1.84. The summed E-state index contributed by atoms with van der Waals surface area (Å²) in [6, 6.07) is 5.66. The third-order valence-electron chi connectivity index (χ3n) is 3.28. The number of hydrogen-bond donors (Lipinski definition) is 2. The van der Waals surface area contributed by atoms with Crippen molar-refractivity contribution in [1.82, 2.24) is 0 Å². The van der Waals surface area contributed by atoms with Gasteiger partial charge in [-0.15, -0.1) is 0 Å². The second-order valence-electron chi connectivity index (χ2n) is 4.79. The zero-order valence-electron chi connectivity index (χ0n) is 11.4. The molecule has 1 aliphatic heterocycles. The number of hydrogen-bond acceptors (Lipinski definition) is 3. The molecule has 0 saturated carbocycles. The number of rotatable bonds is 7. The molecule has 2 rings (SSSR count). The molecular weight excluding hydrogens is 238 g/mol. The first kappa shape index (κ1) is 13.6. The van der Waals surface area contributed by atoms with Gasteiger partial charge >= 0.3 is 0 Å². The number of unbranched alkanes of at least 4 members (excludes halogenated alkanes) is 4. The number of amidine groups is 2. The summed E-state index contributed by atoms with van der Waals surface area (Å²) in [6.07, 6.45) is 6.04. The molecule has 0 unspecified atom stereocenters. The van der Waals surface area contributed by atoms with E-state index in [4.69, 9.17) is 15.9 Å². The minimum Gasteiger partial charge on any atom is -0.493 e. The van der Waals surface area contributed by atoms with Gasteiger partial charge in [-0.2, -0.15) is 0 Å². The third kappa shape index (κ3) is 3.13. The molecule has 0 atom stereocenters. The second-order valence-corrected chi connectivity index (χ2v) is 4.79. The van der Waals surface area contributed by atoms with Crippen molar-refractivity contribution in [2.75, 3.05) is 6.61 Å². The number of nitrogens with zero attached hydrogens (tertiary/aromatic N) is 1. The number of fused-ring (bicyclic) bond motifs is 1. The van der Waals surface area contributed by atoms with Crippen LogP contribution < -0.4 is 10.5 Å². The minimum atomic E-state index is 0.203. The van der Waals surface area contributed by atoms with Crippen LogP contribution in [0, 0.1) is 5.41 Å². The average Bonchev–Trinajstić information content (AvgIpc) is 2.70. The summed E-state index contributed by atoms with van der Waals surface area (Å²) in [6.45, 7) is 2.90. The van der Waals surface area contributed by atoms with E-state index in [1.165, 1.54) is 25.7 Å². The summed E-state index contributed by atoms with van der Waals surface area (Å²) in [5, 5.41) is 7.83. The van der Waals surface area contributed by atoms with Gasteiger partial charge in [-0.3, -0.25) is 5.41 Å². The Bertz CT molecular complexity index is 494. The van der Waals surface area contributed by atoms with E-state index in [1.54, 1.807) is 0 Å². The lowest BCUT2D eigenvalue weighted by Gasteiger charge is -2.10. The van der Waals surface area contributed by atoms with Gasteiger partial charge in [-0.1, -0.05) is 44.7 Å². The first-order chi connectivity index (χ1) is 9.24. The van der Waals surface area contributed by atoms with Gasteiger partial charge in [0.25, 0.3) is 0 Å². The van der Waals surface area contributed by atoms with Crippen molar-refractivity contribution in [1.29, 1.82) is 5.41 Å². The van der Waals surface area contributed by atoms with Crippen molar-refractivity contribution >= 4 is 11.7 Å². The van der Waals surface area contributed by atoms with E-state index in [-0.39, 0.29) is 5.84 Å². The lowest BCUT2D eigenvalue weighted by atomic mass is 10.1. The maximum atomic E-state index is 7.83. The van der Waals surface area contributed by atoms with Crippen LogP contribution >= 0.6 is 0 Å². The van der Waals surface area contributed by atoms with Crippen molar-refractivity contribution < 1.29 is 4.74 Å². The molecule has 0 amide bonds. The van der Waals surface area contributed by atoms with Crippen molar-refractivity contribution in [3.63, 3.8) is 0 Å². The highest BCUT2D eigenvalue weighted by Gasteiger charge is 2.22. The van der Waals surface area contributed by atoms with Gasteiger partial charge in [0.15, 0.2) is 5.84 Å². The lowest BCUT2D eigenvalue weighted by Crippen LogP contribution is -2.10. The van der Waals surface area contributed by atoms with E-state index >= 15 is 0 Å². The predicted octanol–water partition coefficient (Wildman–Crippen LogP) is 3.08. The van der Waals surface area contributed by atoms with E-state index in [2.05, 4.69) is 11.9 Å². The molecule has 4 nitrogen and oxygen atoms in total. The summed E-state index contributed by atoms with van der Waals surface area (Å²) < 4.78 is 5.78. The monoisotopic (exact) mass is 259 g/mol. The molecule has 0 saturated heterocycles. The molecule has 0 aromatic heterocycles. The average molecular weight is 259 g/mol. The molecule has 0 spiro atoms. The quantitative estimate of drug-likeness (QED) is 0.739. The molecule has 1 aromatic carbocycles. The van der Waals surface area contributed by atoms with Crippen molar-refractivity contribution in [3.05, 3.63) is 29.3 Å². The Morgan fingerprint density at radius 3 is 2.79 bits per heavy atom. The first-order valence-corrected chi connectivity index (χ1v) is 6.93. The van der Waals surface area contributed by atoms with Crippen LogP contribution in [-0.2, 0) is 0 Å². The predicted molar refractivity (Wildman–Crippen MR) is 78.2 cm³/mol. The van der Waals surface area contributed by atoms with Crippen LogP contribution in [0.3, 0.4) is 0 Å². The van der Waals surface area contributed by atoms with E-state index < -0.39 is 0 Å². The van der Waals surface area contributed by atoms with Crippen molar-refractivity contribution in [2.24, 2.45) is 10.7 Å². The van der Waals surface area contributed by atoms with Gasteiger partial charge in [0.2, 0.25) is 0 Å². The van der Waals surface area contributed by atoms with Crippen molar-refractivity contribution in [2.45, 2.75) is 39.0 Å². The lowest BCUT2D eigenvalue weighted by molar-refractivity contribution is 0.304. The van der Waals surface area contributed by atoms with E-state index in [0.717, 1.165) is 23.3 Å². The van der Waals surface area contributed by atoms with E-state index in [0.29, 0.717) is 12.4 Å². The maximum absolute atomic E-state index is 7.83. The third-order valence-corrected chi connectivity index (χ3v) is 3.28. The molecule has 4 heteroatoms. The van der Waals surface area contributed by atoms with E-state index in [9.17, 15) is 0 Å². The fourth-order valence-electron chi connectivity index (χ4n) is 2.23. The molecule has 1 heterocycles. The molecule has 0 fully saturated rings. The second kappa shape index (κ2) is 6.36. The van der Waals surface area contributed by atoms with E-state index in [1.807, 2.05) is 18.2 Å². The number of nitrogens with one attached hydrogen (secondary N) is 1. The Morgan fingerprint density at radius 2 is 2.00 bits per heavy atom. The summed E-state index contributed by atoms with van der Waals surface area (Å²) in [5.74, 6) is 1.34. The summed E-state index contributed by atoms with van der Waals surface area (Å²) in [7, 11) is 0. The van der Waals surface area contributed by atoms with Gasteiger partial charge in [-0.05, 0) is 12.5 Å². The number of aliphatic imine (C=N–C) groups is 1. The van der Waals surface area contributed by atoms with Gasteiger partial charge < -0.3 is 10.5 Å². The van der Waals surface area contributed by atoms with Gasteiger partial charge in [-0.25, -0.2) is 4.99 Å². The van der Waals surface area contributed by atoms with Gasteiger partial charge in [0.1, 0.15) is 11.6 Å². The number of ether oxygens (including phenoxy) is 1. The first-order valence-electron chi connectivity index (χ1n) is 6.93. The summed E-state index contributed by atoms with van der Waals surface area (Å²) in [5.41, 5.74) is 7.31. The number of nitrogens with two attached hydrogens (primary N) is 1. The summed E-state index contributed by atoms with van der Waals surface area (Å²) in [4.78, 5) is 3.98. The molecular formula is C15H21N3O. The Kier molecular flexibility index (Phi) is 4.55. The Labute approximate surface area is 114 Å². The smallest absolute Gasteiger partial charge is 0.158 e. The van der Waals surface area contributed by atoms with Gasteiger partial charge in [0, 0.05) is 5.56 Å². The van der Waals surface area contributed by atoms with Crippen LogP contribution in [0.4, 0.5) is 0 Å². The Balaban J connectivity index is 1.91. The standard InChI is InChI=1S/C15H21N3O/c1-2-3-4-5-6-10-19-12-9-7-8-11-13(12)15(17)18-14(11)16/h7-9H,2-6,10H2,1H3,(H3,16,17,18). The Morgan fingerprint density at radius 1 is 1.21 bits per heavy atom. The fourth-order valence-corrected chi connectivity index (χ4v) is 2.23. The fraction of sp³-hybridized carbons (Fsp3) is 0.467. The maximum Gasteiger partial charge on any atom is 0.158 e. The van der Waals surface area contributed by atoms with Crippen LogP contribution in [-0.4, -0.2) is 18.3 Å². The normalized spacial score (nSPS) is 13.3. The largest absolute Gasteiger partial charge is 0.493 e. The zero-order chi connectivity index (χ0) is 13.7. The van der Waals surface area contributed by atoms with Crippen LogP contribution in [0.1, 0.15) is 50.2 Å². The van der Waals surface area contributed by atoms with Crippen LogP contribution in [0.25, 0.3) is 0 Å². The van der Waals surface area contributed by atoms with Crippen LogP contribution in [0.5, 0.6) is 5.75 Å². The molecule has 19 heavy (non-hydrogen) atoms. The zero-order valence-corrected chi connectivity index (χ0v) is 11.4. The number of benzene rings is 1. The highest BCUT2D eigenvalue weighted by atomic mass is 16.5. The van der Waals surface area contributed by atoms with Gasteiger partial charge in [0.05, 0.1) is 12.2 Å². The SMILES string of the molecule is CCCCCCCOc1cccc2c1C(=N)N=C2N. The van der Waals surface area contributed by atoms with Crippen LogP contribution in [0.15, 0.2) is 23.2 Å². The molecule has 0 radical (unpaired) electrons. The highest BCUT2D eigenvalue weighted by molar-refractivity contribution is 6.22. The molecule has 3 N–H and O–H groups in total. The topological polar surface area (TPSA) is 71.5 Å². The summed E-state index contributed by atoms with van der Waals surface area (Å²) >= 11 is 0. The van der Waals surface area contributed by atoms with Crippen LogP contribution in [0.2, 0.25) is 0 Å². The molecule has 1 aliphatic rings. The van der Waals surface area contributed by atoms with Crippen molar-refractivity contribution in [3.8, 4) is 5.75 Å². The minimum absolute atomic E-state index is 0.203. The highest BCUT2D eigenvalue weighted by Crippen LogP contribution is 2.27. The molecule has 0 aliphatic carbocycles. The molecule has 1 aromatic rings. The molecule has 0 bridgehead atoms.